The second-order valence-corrected chi connectivity index (χ2v) is 5.73. The molecule has 4 nitrogen and oxygen atoms in total. The van der Waals surface area contributed by atoms with Gasteiger partial charge in [-0.05, 0) is 48.9 Å². The lowest BCUT2D eigenvalue weighted by Gasteiger charge is -2.08. The number of hydrogen-bond acceptors (Lipinski definition) is 3. The highest BCUT2D eigenvalue weighted by Gasteiger charge is 2.11. The van der Waals surface area contributed by atoms with Crippen molar-refractivity contribution in [3.63, 3.8) is 0 Å². The molecule has 2 aromatic rings. The van der Waals surface area contributed by atoms with Gasteiger partial charge in [0, 0.05) is 22.4 Å². The van der Waals surface area contributed by atoms with Gasteiger partial charge in [0.05, 0.1) is 5.56 Å². The summed E-state index contributed by atoms with van der Waals surface area (Å²) >= 11 is 1.39. The van der Waals surface area contributed by atoms with Crippen molar-refractivity contribution in [3.05, 3.63) is 53.6 Å². The third kappa shape index (κ3) is 4.10. The van der Waals surface area contributed by atoms with E-state index in [-0.39, 0.29) is 11.5 Å². The fourth-order valence-corrected chi connectivity index (χ4v) is 2.86. The normalized spacial score (nSPS) is 10.2. The Hall–Kier alpha value is -2.27. The molecule has 0 spiro atoms. The molecule has 0 aliphatic carbocycles. The number of anilines is 1. The van der Waals surface area contributed by atoms with Crippen LogP contribution in [0.3, 0.4) is 0 Å². The molecule has 0 radical (unpaired) electrons. The number of carboxylic acid groups (broad SMARTS) is 1. The van der Waals surface area contributed by atoms with Gasteiger partial charge in [0.2, 0.25) is 5.91 Å². The monoisotopic (exact) mass is 301 g/mol. The van der Waals surface area contributed by atoms with Gasteiger partial charge in [-0.25, -0.2) is 4.79 Å². The molecule has 108 valence electrons. The summed E-state index contributed by atoms with van der Waals surface area (Å²) in [6, 6.07) is 12.5. The highest BCUT2D eigenvalue weighted by molar-refractivity contribution is 7.99. The van der Waals surface area contributed by atoms with Crippen molar-refractivity contribution >= 4 is 29.3 Å². The Morgan fingerprint density at radius 3 is 2.33 bits per heavy atom. The Labute approximate surface area is 127 Å². The first kappa shape index (κ1) is 15.1. The molecule has 21 heavy (non-hydrogen) atoms. The van der Waals surface area contributed by atoms with Crippen LogP contribution in [-0.2, 0) is 4.79 Å². The van der Waals surface area contributed by atoms with Crippen molar-refractivity contribution < 1.29 is 14.7 Å². The van der Waals surface area contributed by atoms with E-state index in [1.165, 1.54) is 18.7 Å². The lowest BCUT2D eigenvalue weighted by Crippen LogP contribution is -2.05. The van der Waals surface area contributed by atoms with Crippen molar-refractivity contribution in [1.82, 2.24) is 0 Å². The van der Waals surface area contributed by atoms with Crippen LogP contribution < -0.4 is 5.32 Å². The Bertz CT molecular complexity index is 680. The molecular formula is C16H15NO3S. The van der Waals surface area contributed by atoms with Crippen molar-refractivity contribution in [2.45, 2.75) is 23.6 Å². The van der Waals surface area contributed by atoms with Crippen LogP contribution in [0, 0.1) is 6.92 Å². The maximum atomic E-state index is 11.2. The molecule has 0 saturated heterocycles. The smallest absolute Gasteiger partial charge is 0.336 e. The molecule has 0 unspecified atom stereocenters. The largest absolute Gasteiger partial charge is 0.478 e. The van der Waals surface area contributed by atoms with Gasteiger partial charge < -0.3 is 10.4 Å². The van der Waals surface area contributed by atoms with E-state index in [0.29, 0.717) is 4.90 Å². The number of carboxylic acids is 1. The molecule has 2 N–H and O–H groups in total. The fraction of sp³-hybridized carbons (Fsp3) is 0.125. The fourth-order valence-electron chi connectivity index (χ4n) is 1.83. The van der Waals surface area contributed by atoms with Crippen LogP contribution in [0.25, 0.3) is 0 Å². The van der Waals surface area contributed by atoms with Gasteiger partial charge in [-0.3, -0.25) is 4.79 Å². The molecule has 0 aliphatic rings. The highest BCUT2D eigenvalue weighted by atomic mass is 32.2. The Balaban J connectivity index is 2.23. The summed E-state index contributed by atoms with van der Waals surface area (Å²) in [5.74, 6) is -1.06. The second-order valence-electron chi connectivity index (χ2n) is 4.61. The molecule has 1 amide bonds. The third-order valence-corrected chi connectivity index (χ3v) is 3.84. The van der Waals surface area contributed by atoms with Crippen LogP contribution in [0.1, 0.15) is 22.8 Å². The highest BCUT2D eigenvalue weighted by Crippen LogP contribution is 2.32. The lowest BCUT2D eigenvalue weighted by atomic mass is 10.1. The van der Waals surface area contributed by atoms with Crippen LogP contribution in [0.5, 0.6) is 0 Å². The molecule has 0 aromatic heterocycles. The van der Waals surface area contributed by atoms with Crippen LogP contribution >= 0.6 is 11.8 Å². The van der Waals surface area contributed by atoms with E-state index in [4.69, 9.17) is 0 Å². The molecule has 2 aromatic carbocycles. The Morgan fingerprint density at radius 2 is 1.76 bits per heavy atom. The Morgan fingerprint density at radius 1 is 1.10 bits per heavy atom. The summed E-state index contributed by atoms with van der Waals surface area (Å²) in [5.41, 5.74) is 2.02. The average Bonchev–Trinajstić information content (AvgIpc) is 2.40. The van der Waals surface area contributed by atoms with Gasteiger partial charge in [-0.2, -0.15) is 0 Å². The van der Waals surface area contributed by atoms with Crippen molar-refractivity contribution in [1.29, 1.82) is 0 Å². The number of benzene rings is 2. The SMILES string of the molecule is CC(=O)Nc1ccc(Sc2cc(C)ccc2C(=O)O)cc1. The van der Waals surface area contributed by atoms with Gasteiger partial charge in [-0.15, -0.1) is 0 Å². The number of aromatic carboxylic acids is 1. The minimum Gasteiger partial charge on any atom is -0.478 e. The number of rotatable bonds is 4. The van der Waals surface area contributed by atoms with Crippen molar-refractivity contribution in [2.24, 2.45) is 0 Å². The van der Waals surface area contributed by atoms with E-state index in [1.54, 1.807) is 24.3 Å². The molecular weight excluding hydrogens is 286 g/mol. The number of hydrogen-bond donors (Lipinski definition) is 2. The number of carbonyl (C=O) groups is 2. The minimum absolute atomic E-state index is 0.123. The van der Waals surface area contributed by atoms with Gasteiger partial charge in [0.25, 0.3) is 0 Å². The summed E-state index contributed by atoms with van der Waals surface area (Å²) in [6.07, 6.45) is 0. The number of carbonyl (C=O) groups excluding carboxylic acids is 1. The molecule has 0 bridgehead atoms. The number of amides is 1. The third-order valence-electron chi connectivity index (χ3n) is 2.77. The molecule has 5 heteroatoms. The average molecular weight is 301 g/mol. The van der Waals surface area contributed by atoms with E-state index in [2.05, 4.69) is 5.32 Å². The van der Waals surface area contributed by atoms with Crippen molar-refractivity contribution in [3.8, 4) is 0 Å². The maximum absolute atomic E-state index is 11.2. The standard InChI is InChI=1S/C16H15NO3S/c1-10-3-8-14(16(19)20)15(9-10)21-13-6-4-12(5-7-13)17-11(2)18/h3-9H,1-2H3,(H,17,18)(H,19,20). The minimum atomic E-state index is -0.938. The topological polar surface area (TPSA) is 66.4 Å². The first-order valence-corrected chi connectivity index (χ1v) is 7.17. The summed E-state index contributed by atoms with van der Waals surface area (Å²) in [6.45, 7) is 3.38. The lowest BCUT2D eigenvalue weighted by molar-refractivity contribution is -0.114. The zero-order valence-electron chi connectivity index (χ0n) is 11.7. The van der Waals surface area contributed by atoms with Gasteiger partial charge in [-0.1, -0.05) is 17.8 Å². The molecule has 2 rings (SSSR count). The number of nitrogens with one attached hydrogen (secondary N) is 1. The first-order valence-electron chi connectivity index (χ1n) is 6.35. The number of aryl methyl sites for hydroxylation is 1. The van der Waals surface area contributed by atoms with Crippen molar-refractivity contribution in [2.75, 3.05) is 5.32 Å². The maximum Gasteiger partial charge on any atom is 0.336 e. The van der Waals surface area contributed by atoms with E-state index in [1.807, 2.05) is 25.1 Å². The molecule has 0 fully saturated rings. The molecule has 0 aliphatic heterocycles. The van der Waals surface area contributed by atoms with Gasteiger partial charge in [0.1, 0.15) is 0 Å². The molecule has 0 saturated carbocycles. The molecule has 0 heterocycles. The van der Waals surface area contributed by atoms with Crippen LogP contribution in [0.15, 0.2) is 52.3 Å². The predicted molar refractivity (Wildman–Crippen MR) is 83.0 cm³/mol. The predicted octanol–water partition coefficient (Wildman–Crippen LogP) is 3.80. The van der Waals surface area contributed by atoms with E-state index in [9.17, 15) is 14.7 Å². The Kier molecular flexibility index (Phi) is 4.65. The zero-order valence-corrected chi connectivity index (χ0v) is 12.5. The van der Waals surface area contributed by atoms with E-state index in [0.717, 1.165) is 16.1 Å². The second kappa shape index (κ2) is 6.45. The van der Waals surface area contributed by atoms with E-state index < -0.39 is 5.97 Å². The van der Waals surface area contributed by atoms with Gasteiger partial charge in [0.15, 0.2) is 0 Å². The van der Waals surface area contributed by atoms with E-state index >= 15 is 0 Å². The summed E-state index contributed by atoms with van der Waals surface area (Å²) < 4.78 is 0. The van der Waals surface area contributed by atoms with Crippen LogP contribution in [0.2, 0.25) is 0 Å². The quantitative estimate of drug-likeness (QED) is 0.901. The van der Waals surface area contributed by atoms with Crippen LogP contribution in [0.4, 0.5) is 5.69 Å². The summed E-state index contributed by atoms with van der Waals surface area (Å²) in [7, 11) is 0. The molecule has 0 atom stereocenters. The zero-order chi connectivity index (χ0) is 15.4. The van der Waals surface area contributed by atoms with Crippen LogP contribution in [-0.4, -0.2) is 17.0 Å². The van der Waals surface area contributed by atoms with Gasteiger partial charge >= 0.3 is 5.97 Å². The first-order chi connectivity index (χ1) is 9.95. The summed E-state index contributed by atoms with van der Waals surface area (Å²) in [4.78, 5) is 23.8. The summed E-state index contributed by atoms with van der Waals surface area (Å²) in [5, 5.41) is 11.9.